The molecule has 0 unspecified atom stereocenters. The zero-order chi connectivity index (χ0) is 17.6. The third kappa shape index (κ3) is 5.55. The van der Waals surface area contributed by atoms with Crippen molar-refractivity contribution in [2.45, 2.75) is 45.7 Å². The molecule has 3 rings (SSSR count). The number of thiophene rings is 1. The van der Waals surface area contributed by atoms with E-state index in [1.165, 1.54) is 48.2 Å². The highest BCUT2D eigenvalue weighted by molar-refractivity contribution is 7.09. The van der Waals surface area contributed by atoms with Crippen molar-refractivity contribution in [1.29, 1.82) is 0 Å². The number of rotatable bonds is 7. The van der Waals surface area contributed by atoms with E-state index in [9.17, 15) is 0 Å². The highest BCUT2D eigenvalue weighted by atomic mass is 35.5. The van der Waals surface area contributed by atoms with Crippen LogP contribution in [0.5, 0.6) is 0 Å². The Balaban J connectivity index is 1.65. The van der Waals surface area contributed by atoms with Gasteiger partial charge in [-0.15, -0.1) is 11.3 Å². The van der Waals surface area contributed by atoms with Crippen molar-refractivity contribution in [2.75, 3.05) is 13.1 Å². The fraction of sp³-hybridized carbons (Fsp3) is 0.524. The Morgan fingerprint density at radius 1 is 1.12 bits per heavy atom. The molecule has 1 aromatic heterocycles. The second-order valence-corrected chi connectivity index (χ2v) is 8.89. The van der Waals surface area contributed by atoms with E-state index in [4.69, 9.17) is 17.3 Å². The summed E-state index contributed by atoms with van der Waals surface area (Å²) in [5.74, 6) is 1.55. The van der Waals surface area contributed by atoms with Crippen molar-refractivity contribution in [3.05, 3.63) is 56.7 Å². The standard InChI is InChI=1S/C21H29ClN2S/c1-16-11-19(8-9-21(16)22)14-24(15-20-3-2-10-25-20)13-18-6-4-17(12-23)5-7-18/h2-3,8-11,17-18H,4-7,12-15,23H2,1H3. The fourth-order valence-electron chi connectivity index (χ4n) is 3.89. The molecule has 0 saturated heterocycles. The van der Waals surface area contributed by atoms with Gasteiger partial charge in [-0.2, -0.15) is 0 Å². The highest BCUT2D eigenvalue weighted by Gasteiger charge is 2.22. The van der Waals surface area contributed by atoms with Crippen LogP contribution in [0.4, 0.5) is 0 Å². The molecule has 136 valence electrons. The minimum absolute atomic E-state index is 0.751. The minimum atomic E-state index is 0.751. The molecule has 1 aromatic carbocycles. The average molecular weight is 377 g/mol. The number of aryl methyl sites for hydroxylation is 1. The molecule has 25 heavy (non-hydrogen) atoms. The summed E-state index contributed by atoms with van der Waals surface area (Å²) in [6, 6.07) is 10.8. The highest BCUT2D eigenvalue weighted by Crippen LogP contribution is 2.30. The Hall–Kier alpha value is -0.870. The third-order valence-electron chi connectivity index (χ3n) is 5.40. The second kappa shape index (κ2) is 9.18. The van der Waals surface area contributed by atoms with Crippen LogP contribution in [-0.4, -0.2) is 18.0 Å². The van der Waals surface area contributed by atoms with Crippen molar-refractivity contribution in [3.63, 3.8) is 0 Å². The van der Waals surface area contributed by atoms with Gasteiger partial charge in [-0.1, -0.05) is 29.8 Å². The zero-order valence-corrected chi connectivity index (χ0v) is 16.7. The topological polar surface area (TPSA) is 29.3 Å². The second-order valence-electron chi connectivity index (χ2n) is 7.45. The molecule has 2 N–H and O–H groups in total. The van der Waals surface area contributed by atoms with Crippen LogP contribution >= 0.6 is 22.9 Å². The molecule has 1 aliphatic carbocycles. The van der Waals surface area contributed by atoms with Crippen LogP contribution in [0.3, 0.4) is 0 Å². The summed E-state index contributed by atoms with van der Waals surface area (Å²) in [4.78, 5) is 4.06. The van der Waals surface area contributed by atoms with Gasteiger partial charge < -0.3 is 5.73 Å². The molecule has 1 fully saturated rings. The van der Waals surface area contributed by atoms with E-state index in [0.29, 0.717) is 0 Å². The Morgan fingerprint density at radius 2 is 1.88 bits per heavy atom. The van der Waals surface area contributed by atoms with Gasteiger partial charge in [0.05, 0.1) is 0 Å². The Morgan fingerprint density at radius 3 is 2.52 bits per heavy atom. The smallest absolute Gasteiger partial charge is 0.0435 e. The number of halogens is 1. The quantitative estimate of drug-likeness (QED) is 0.693. The SMILES string of the molecule is Cc1cc(CN(Cc2cccs2)CC2CCC(CN)CC2)ccc1Cl. The predicted molar refractivity (Wildman–Crippen MR) is 109 cm³/mol. The van der Waals surface area contributed by atoms with Gasteiger partial charge in [0.15, 0.2) is 0 Å². The lowest BCUT2D eigenvalue weighted by Crippen LogP contribution is -2.32. The summed E-state index contributed by atoms with van der Waals surface area (Å²) in [5.41, 5.74) is 8.37. The van der Waals surface area contributed by atoms with Gasteiger partial charge in [-0.25, -0.2) is 0 Å². The number of hydrogen-bond acceptors (Lipinski definition) is 3. The molecule has 0 spiro atoms. The lowest BCUT2D eigenvalue weighted by molar-refractivity contribution is 0.171. The number of nitrogens with zero attached hydrogens (tertiary/aromatic N) is 1. The zero-order valence-electron chi connectivity index (χ0n) is 15.1. The summed E-state index contributed by atoms with van der Waals surface area (Å²) in [5, 5.41) is 3.03. The van der Waals surface area contributed by atoms with Crippen molar-refractivity contribution in [2.24, 2.45) is 17.6 Å². The molecule has 4 heteroatoms. The number of nitrogens with two attached hydrogens (primary N) is 1. The van der Waals surface area contributed by atoms with Gasteiger partial charge in [0.2, 0.25) is 0 Å². The number of hydrogen-bond donors (Lipinski definition) is 1. The van der Waals surface area contributed by atoms with Crippen molar-refractivity contribution in [3.8, 4) is 0 Å². The Bertz CT molecular complexity index is 648. The molecule has 2 aromatic rings. The maximum absolute atomic E-state index is 6.19. The molecular weight excluding hydrogens is 348 g/mol. The predicted octanol–water partition coefficient (Wildman–Crippen LogP) is 5.48. The third-order valence-corrected chi connectivity index (χ3v) is 6.69. The molecular formula is C21H29ClN2S. The van der Waals surface area contributed by atoms with Crippen LogP contribution in [0.2, 0.25) is 5.02 Å². The maximum Gasteiger partial charge on any atom is 0.0435 e. The van der Waals surface area contributed by atoms with E-state index in [1.807, 2.05) is 17.4 Å². The van der Waals surface area contributed by atoms with E-state index in [0.717, 1.165) is 36.5 Å². The molecule has 0 amide bonds. The van der Waals surface area contributed by atoms with Crippen molar-refractivity contribution >= 4 is 22.9 Å². The largest absolute Gasteiger partial charge is 0.330 e. The molecule has 1 aliphatic rings. The lowest BCUT2D eigenvalue weighted by atomic mass is 9.82. The monoisotopic (exact) mass is 376 g/mol. The summed E-state index contributed by atoms with van der Waals surface area (Å²) >= 11 is 8.05. The van der Waals surface area contributed by atoms with Crippen LogP contribution < -0.4 is 5.73 Å². The normalized spacial score (nSPS) is 21.0. The summed E-state index contributed by atoms with van der Waals surface area (Å²) in [6.07, 6.45) is 5.24. The first kappa shape index (κ1) is 18.9. The maximum atomic E-state index is 6.19. The Kier molecular flexibility index (Phi) is 6.94. The summed E-state index contributed by atoms with van der Waals surface area (Å²) < 4.78 is 0. The lowest BCUT2D eigenvalue weighted by Gasteiger charge is -2.32. The molecule has 0 aliphatic heterocycles. The van der Waals surface area contributed by atoms with Crippen LogP contribution in [0.25, 0.3) is 0 Å². The average Bonchev–Trinajstić information content (AvgIpc) is 3.12. The van der Waals surface area contributed by atoms with E-state index >= 15 is 0 Å². The molecule has 0 bridgehead atoms. The van der Waals surface area contributed by atoms with E-state index in [2.05, 4.69) is 41.5 Å². The van der Waals surface area contributed by atoms with Crippen molar-refractivity contribution in [1.82, 2.24) is 4.90 Å². The van der Waals surface area contributed by atoms with Gasteiger partial charge >= 0.3 is 0 Å². The van der Waals surface area contributed by atoms with E-state index in [-0.39, 0.29) is 0 Å². The first-order chi connectivity index (χ1) is 12.1. The van der Waals surface area contributed by atoms with Crippen LogP contribution in [0.1, 0.15) is 41.7 Å². The van der Waals surface area contributed by atoms with E-state index in [1.54, 1.807) is 0 Å². The van der Waals surface area contributed by atoms with Gasteiger partial charge in [0, 0.05) is 29.5 Å². The Labute approximate surface area is 161 Å². The first-order valence-corrected chi connectivity index (χ1v) is 10.6. The van der Waals surface area contributed by atoms with Crippen molar-refractivity contribution < 1.29 is 0 Å². The molecule has 2 nitrogen and oxygen atoms in total. The molecule has 0 radical (unpaired) electrons. The molecule has 1 heterocycles. The van der Waals surface area contributed by atoms with Gasteiger partial charge in [-0.05, 0) is 79.6 Å². The van der Waals surface area contributed by atoms with E-state index < -0.39 is 0 Å². The van der Waals surface area contributed by atoms with Gasteiger partial charge in [0.1, 0.15) is 0 Å². The van der Waals surface area contributed by atoms with Gasteiger partial charge in [-0.3, -0.25) is 4.90 Å². The van der Waals surface area contributed by atoms with Gasteiger partial charge in [0.25, 0.3) is 0 Å². The van der Waals surface area contributed by atoms with Crippen LogP contribution in [-0.2, 0) is 13.1 Å². The van der Waals surface area contributed by atoms with Crippen LogP contribution in [0, 0.1) is 18.8 Å². The first-order valence-electron chi connectivity index (χ1n) is 9.34. The van der Waals surface area contributed by atoms with Crippen LogP contribution in [0.15, 0.2) is 35.7 Å². The summed E-state index contributed by atoms with van der Waals surface area (Å²) in [6.45, 7) is 6.15. The fourth-order valence-corrected chi connectivity index (χ4v) is 4.75. The molecule has 1 saturated carbocycles. The summed E-state index contributed by atoms with van der Waals surface area (Å²) in [7, 11) is 0. The minimum Gasteiger partial charge on any atom is -0.330 e. The molecule has 0 atom stereocenters. The number of benzene rings is 1.